The highest BCUT2D eigenvalue weighted by molar-refractivity contribution is 9.10. The van der Waals surface area contributed by atoms with Crippen LogP contribution in [0.2, 0.25) is 0 Å². The van der Waals surface area contributed by atoms with Gasteiger partial charge in [-0.15, -0.1) is 0 Å². The van der Waals surface area contributed by atoms with Crippen LogP contribution in [0.5, 0.6) is 0 Å². The second kappa shape index (κ2) is 8.34. The molecule has 0 aliphatic heterocycles. The number of nitro groups is 1. The SMILES string of the molecule is Cc1nn(Cc2cccc(C(=O)NCCn3cc(Br)cn3)c2)c(C)c1[N+](=O)[O-]. The smallest absolute Gasteiger partial charge is 0.312 e. The maximum absolute atomic E-state index is 12.4. The third-order valence-corrected chi connectivity index (χ3v) is 4.69. The van der Waals surface area contributed by atoms with Crippen LogP contribution in [0, 0.1) is 24.0 Å². The largest absolute Gasteiger partial charge is 0.350 e. The first kappa shape index (κ1) is 19.7. The highest BCUT2D eigenvalue weighted by Gasteiger charge is 2.21. The van der Waals surface area contributed by atoms with E-state index in [9.17, 15) is 14.9 Å². The fourth-order valence-electron chi connectivity index (χ4n) is 2.94. The van der Waals surface area contributed by atoms with E-state index in [1.165, 1.54) is 0 Å². The van der Waals surface area contributed by atoms with Gasteiger partial charge in [-0.05, 0) is 47.5 Å². The van der Waals surface area contributed by atoms with Crippen LogP contribution < -0.4 is 5.32 Å². The van der Waals surface area contributed by atoms with Crippen LogP contribution in [0.1, 0.15) is 27.3 Å². The molecule has 0 aliphatic carbocycles. The number of nitrogens with zero attached hydrogens (tertiary/aromatic N) is 5. The van der Waals surface area contributed by atoms with Crippen LogP contribution >= 0.6 is 15.9 Å². The number of amides is 1. The number of hydrogen-bond acceptors (Lipinski definition) is 5. The minimum atomic E-state index is -0.420. The molecule has 146 valence electrons. The number of nitrogens with one attached hydrogen (secondary N) is 1. The van der Waals surface area contributed by atoms with E-state index in [0.29, 0.717) is 36.6 Å². The highest BCUT2D eigenvalue weighted by atomic mass is 79.9. The highest BCUT2D eigenvalue weighted by Crippen LogP contribution is 2.22. The molecule has 1 N–H and O–H groups in total. The lowest BCUT2D eigenvalue weighted by molar-refractivity contribution is -0.386. The molecule has 1 aromatic carbocycles. The number of hydrogen-bond donors (Lipinski definition) is 1. The zero-order chi connectivity index (χ0) is 20.3. The van der Waals surface area contributed by atoms with Crippen molar-refractivity contribution in [3.05, 3.63) is 73.8 Å². The summed E-state index contributed by atoms with van der Waals surface area (Å²) in [4.78, 5) is 23.1. The standard InChI is InChI=1S/C18H19BrN6O3/c1-12-17(25(27)28)13(2)24(22-12)10-14-4-3-5-15(8-14)18(26)20-6-7-23-11-16(19)9-21-23/h3-5,8-9,11H,6-7,10H2,1-2H3,(H,20,26). The Morgan fingerprint density at radius 2 is 2.14 bits per heavy atom. The van der Waals surface area contributed by atoms with Crippen LogP contribution in [0.25, 0.3) is 0 Å². The van der Waals surface area contributed by atoms with Crippen molar-refractivity contribution in [2.24, 2.45) is 0 Å². The summed E-state index contributed by atoms with van der Waals surface area (Å²) in [6.45, 7) is 4.64. The van der Waals surface area contributed by atoms with E-state index in [1.807, 2.05) is 12.3 Å². The molecular formula is C18H19BrN6O3. The number of aromatic nitrogens is 4. The van der Waals surface area contributed by atoms with Gasteiger partial charge in [-0.3, -0.25) is 24.3 Å². The maximum atomic E-state index is 12.4. The summed E-state index contributed by atoms with van der Waals surface area (Å²) in [6, 6.07) is 7.14. The Bertz CT molecular complexity index is 1030. The number of aryl methyl sites for hydroxylation is 1. The lowest BCUT2D eigenvalue weighted by atomic mass is 10.1. The van der Waals surface area contributed by atoms with Gasteiger partial charge in [0.1, 0.15) is 11.4 Å². The quantitative estimate of drug-likeness (QED) is 0.443. The Morgan fingerprint density at radius 3 is 2.79 bits per heavy atom. The molecular weight excluding hydrogens is 428 g/mol. The average molecular weight is 447 g/mol. The molecule has 3 aromatic rings. The third-order valence-electron chi connectivity index (χ3n) is 4.28. The molecule has 0 saturated heterocycles. The van der Waals surface area contributed by atoms with Crippen LogP contribution in [0.3, 0.4) is 0 Å². The first-order chi connectivity index (χ1) is 13.3. The Kier molecular flexibility index (Phi) is 5.88. The van der Waals surface area contributed by atoms with Crippen molar-refractivity contribution in [3.8, 4) is 0 Å². The average Bonchev–Trinajstić information content (AvgIpc) is 3.17. The van der Waals surface area contributed by atoms with Gasteiger partial charge < -0.3 is 5.32 Å². The molecule has 3 rings (SSSR count). The molecule has 0 fully saturated rings. The van der Waals surface area contributed by atoms with Crippen molar-refractivity contribution in [1.29, 1.82) is 0 Å². The molecule has 0 atom stereocenters. The summed E-state index contributed by atoms with van der Waals surface area (Å²) in [6.07, 6.45) is 3.52. The maximum Gasteiger partial charge on any atom is 0.312 e. The summed E-state index contributed by atoms with van der Waals surface area (Å²) < 4.78 is 4.20. The first-order valence-corrected chi connectivity index (χ1v) is 9.38. The summed E-state index contributed by atoms with van der Waals surface area (Å²) in [7, 11) is 0. The molecule has 0 radical (unpaired) electrons. The number of benzene rings is 1. The molecule has 0 bridgehead atoms. The van der Waals surface area contributed by atoms with Crippen molar-refractivity contribution in [2.45, 2.75) is 26.9 Å². The van der Waals surface area contributed by atoms with Gasteiger partial charge in [0.25, 0.3) is 5.91 Å². The van der Waals surface area contributed by atoms with Crippen LogP contribution in [-0.2, 0) is 13.1 Å². The van der Waals surface area contributed by atoms with Gasteiger partial charge in [-0.1, -0.05) is 12.1 Å². The molecule has 2 aromatic heterocycles. The summed E-state index contributed by atoms with van der Waals surface area (Å²) in [5.41, 5.74) is 2.25. The number of carbonyl (C=O) groups is 1. The summed E-state index contributed by atoms with van der Waals surface area (Å²) >= 11 is 3.33. The Labute approximate surface area is 169 Å². The molecule has 28 heavy (non-hydrogen) atoms. The molecule has 0 unspecified atom stereocenters. The fourth-order valence-corrected chi connectivity index (χ4v) is 3.26. The van der Waals surface area contributed by atoms with Crippen LogP contribution in [-0.4, -0.2) is 36.9 Å². The predicted octanol–water partition coefficient (Wildman–Crippen LogP) is 2.85. The normalized spacial score (nSPS) is 10.8. The Hall–Kier alpha value is -3.01. The number of halogens is 1. The second-order valence-corrected chi connectivity index (χ2v) is 7.23. The summed E-state index contributed by atoms with van der Waals surface area (Å²) in [5, 5.41) is 22.4. The van der Waals surface area contributed by atoms with Crippen molar-refractivity contribution in [1.82, 2.24) is 24.9 Å². The zero-order valence-electron chi connectivity index (χ0n) is 15.4. The molecule has 0 spiro atoms. The molecule has 2 heterocycles. The Morgan fingerprint density at radius 1 is 1.36 bits per heavy atom. The Balaban J connectivity index is 1.66. The number of carbonyl (C=O) groups excluding carboxylic acids is 1. The van der Waals surface area contributed by atoms with E-state index >= 15 is 0 Å². The molecule has 0 aliphatic rings. The van der Waals surface area contributed by atoms with Crippen molar-refractivity contribution < 1.29 is 9.72 Å². The molecule has 10 heteroatoms. The van der Waals surface area contributed by atoms with Crippen molar-refractivity contribution in [3.63, 3.8) is 0 Å². The van der Waals surface area contributed by atoms with Crippen LogP contribution in [0.15, 0.2) is 41.1 Å². The van der Waals surface area contributed by atoms with E-state index in [0.717, 1.165) is 10.0 Å². The van der Waals surface area contributed by atoms with Gasteiger partial charge in [0.2, 0.25) is 0 Å². The topological polar surface area (TPSA) is 108 Å². The van der Waals surface area contributed by atoms with E-state index in [1.54, 1.807) is 47.6 Å². The molecule has 1 amide bonds. The van der Waals surface area contributed by atoms with Crippen molar-refractivity contribution in [2.75, 3.05) is 6.54 Å². The zero-order valence-corrected chi connectivity index (χ0v) is 17.0. The molecule has 9 nitrogen and oxygen atoms in total. The minimum absolute atomic E-state index is 0.0270. The predicted molar refractivity (Wildman–Crippen MR) is 106 cm³/mol. The van der Waals surface area contributed by atoms with E-state index < -0.39 is 4.92 Å². The third kappa shape index (κ3) is 4.45. The van der Waals surface area contributed by atoms with Gasteiger partial charge >= 0.3 is 5.69 Å². The van der Waals surface area contributed by atoms with E-state index in [2.05, 4.69) is 31.4 Å². The van der Waals surface area contributed by atoms with Gasteiger partial charge in [0.15, 0.2) is 0 Å². The lowest BCUT2D eigenvalue weighted by Crippen LogP contribution is -2.27. The van der Waals surface area contributed by atoms with E-state index in [-0.39, 0.29) is 11.6 Å². The molecule has 0 saturated carbocycles. The van der Waals surface area contributed by atoms with Crippen LogP contribution in [0.4, 0.5) is 5.69 Å². The minimum Gasteiger partial charge on any atom is -0.350 e. The van der Waals surface area contributed by atoms with Crippen molar-refractivity contribution >= 4 is 27.5 Å². The fraction of sp³-hybridized carbons (Fsp3) is 0.278. The summed E-state index contributed by atoms with van der Waals surface area (Å²) in [5.74, 6) is -0.188. The number of rotatable bonds is 7. The second-order valence-electron chi connectivity index (χ2n) is 6.31. The van der Waals surface area contributed by atoms with Gasteiger partial charge in [-0.2, -0.15) is 10.2 Å². The van der Waals surface area contributed by atoms with E-state index in [4.69, 9.17) is 0 Å². The lowest BCUT2D eigenvalue weighted by Gasteiger charge is -2.08. The van der Waals surface area contributed by atoms with Gasteiger partial charge in [0.05, 0.1) is 28.7 Å². The monoisotopic (exact) mass is 446 g/mol. The van der Waals surface area contributed by atoms with Gasteiger partial charge in [-0.25, -0.2) is 0 Å². The van der Waals surface area contributed by atoms with Gasteiger partial charge in [0, 0.05) is 18.3 Å². The first-order valence-electron chi connectivity index (χ1n) is 8.58.